The molecule has 0 unspecified atom stereocenters. The van der Waals surface area contributed by atoms with Crippen LogP contribution in [0.1, 0.15) is 18.1 Å². The highest BCUT2D eigenvalue weighted by Crippen LogP contribution is 2.23. The number of hydrogen-bond donors (Lipinski definition) is 2. The van der Waals surface area contributed by atoms with E-state index in [2.05, 4.69) is 15.8 Å². The lowest BCUT2D eigenvalue weighted by Gasteiger charge is -2.23. The number of halogens is 1. The highest BCUT2D eigenvalue weighted by atomic mass is 35.5. The topological polar surface area (TPSA) is 117 Å². The van der Waals surface area contributed by atoms with Gasteiger partial charge in [0.1, 0.15) is 12.3 Å². The van der Waals surface area contributed by atoms with Crippen molar-refractivity contribution < 1.29 is 22.7 Å². The highest BCUT2D eigenvalue weighted by molar-refractivity contribution is 7.92. The summed E-state index contributed by atoms with van der Waals surface area (Å²) in [5, 5.41) is 7.01. The third-order valence-electron chi connectivity index (χ3n) is 5.13. The Morgan fingerprint density at radius 1 is 1.00 bits per heavy atom. The van der Waals surface area contributed by atoms with Crippen molar-refractivity contribution in [1.82, 2.24) is 5.43 Å². The lowest BCUT2D eigenvalue weighted by Crippen LogP contribution is -2.39. The van der Waals surface area contributed by atoms with Crippen molar-refractivity contribution in [2.24, 2.45) is 5.10 Å². The number of carbonyl (C=O) groups excluding carboxylic acids is 2. The number of nitrogens with zero attached hydrogens (tertiary/aromatic N) is 2. The Hall–Kier alpha value is -3.89. The van der Waals surface area contributed by atoms with Crippen LogP contribution in [0.4, 0.5) is 11.4 Å². The summed E-state index contributed by atoms with van der Waals surface area (Å²) in [5.41, 5.74) is 4.78. The summed E-state index contributed by atoms with van der Waals surface area (Å²) >= 11 is 6.03. The van der Waals surface area contributed by atoms with Gasteiger partial charge in [-0.2, -0.15) is 5.10 Å². The van der Waals surface area contributed by atoms with Crippen molar-refractivity contribution in [3.05, 3.63) is 88.9 Å². The second-order valence-corrected chi connectivity index (χ2v) is 10.2. The first-order valence-corrected chi connectivity index (χ1v) is 13.5. The molecule has 0 spiro atoms. The maximum atomic E-state index is 12.4. The van der Waals surface area contributed by atoms with Gasteiger partial charge in [-0.15, -0.1) is 0 Å². The van der Waals surface area contributed by atoms with E-state index >= 15 is 0 Å². The molecule has 0 heterocycles. The zero-order chi connectivity index (χ0) is 26.8. The molecule has 3 rings (SSSR count). The number of hydrogen-bond acceptors (Lipinski definition) is 6. The van der Waals surface area contributed by atoms with Gasteiger partial charge in [-0.1, -0.05) is 48.9 Å². The van der Waals surface area contributed by atoms with Gasteiger partial charge in [0.2, 0.25) is 10.0 Å². The highest BCUT2D eigenvalue weighted by Gasteiger charge is 2.22. The normalized spacial score (nSPS) is 11.2. The number of sulfonamides is 1. The minimum absolute atomic E-state index is 0.202. The molecule has 0 aromatic heterocycles. The molecular weight excluding hydrogens is 516 g/mol. The van der Waals surface area contributed by atoms with Gasteiger partial charge >= 0.3 is 0 Å². The molecule has 0 saturated heterocycles. The van der Waals surface area contributed by atoms with Gasteiger partial charge in [0.15, 0.2) is 6.61 Å². The third kappa shape index (κ3) is 8.33. The van der Waals surface area contributed by atoms with Crippen LogP contribution in [0.15, 0.2) is 77.9 Å². The Labute approximate surface area is 221 Å². The second kappa shape index (κ2) is 12.9. The van der Waals surface area contributed by atoms with E-state index in [4.69, 9.17) is 16.3 Å². The molecule has 0 aliphatic heterocycles. The van der Waals surface area contributed by atoms with Crippen LogP contribution in [0, 0.1) is 0 Å². The van der Waals surface area contributed by atoms with E-state index in [9.17, 15) is 18.0 Å². The van der Waals surface area contributed by atoms with E-state index in [1.807, 2.05) is 19.1 Å². The summed E-state index contributed by atoms with van der Waals surface area (Å²) in [5.74, 6) is -0.475. The number of hydrazone groups is 1. The number of nitrogens with one attached hydrogen (secondary N) is 2. The Bertz CT molecular complexity index is 1380. The van der Waals surface area contributed by atoms with Crippen LogP contribution in [-0.4, -0.2) is 45.9 Å². The van der Waals surface area contributed by atoms with Crippen molar-refractivity contribution in [2.75, 3.05) is 29.0 Å². The number of carbonyl (C=O) groups is 2. The van der Waals surface area contributed by atoms with Gasteiger partial charge in [0, 0.05) is 0 Å². The first-order valence-electron chi connectivity index (χ1n) is 11.3. The summed E-state index contributed by atoms with van der Waals surface area (Å²) in [7, 11) is -3.69. The van der Waals surface area contributed by atoms with E-state index < -0.39 is 22.5 Å². The van der Waals surface area contributed by atoms with Crippen LogP contribution >= 0.6 is 11.6 Å². The summed E-state index contributed by atoms with van der Waals surface area (Å²) in [6.45, 7) is 1.30. The van der Waals surface area contributed by atoms with E-state index in [-0.39, 0.29) is 12.5 Å². The zero-order valence-corrected chi connectivity index (χ0v) is 21.9. The molecule has 0 saturated carbocycles. The molecule has 194 valence electrons. The van der Waals surface area contributed by atoms with Crippen LogP contribution in [0.25, 0.3) is 0 Å². The number of benzene rings is 3. The Balaban J connectivity index is 1.52. The molecule has 0 bridgehead atoms. The number of rotatable bonds is 11. The van der Waals surface area contributed by atoms with Gasteiger partial charge in [0.25, 0.3) is 11.8 Å². The molecule has 11 heteroatoms. The van der Waals surface area contributed by atoms with Crippen LogP contribution in [0.2, 0.25) is 5.02 Å². The Morgan fingerprint density at radius 3 is 2.35 bits per heavy atom. The summed E-state index contributed by atoms with van der Waals surface area (Å²) in [6, 6.07) is 20.6. The lowest BCUT2D eigenvalue weighted by atomic mass is 10.1. The third-order valence-corrected chi connectivity index (χ3v) is 6.59. The molecule has 9 nitrogen and oxygen atoms in total. The predicted molar refractivity (Wildman–Crippen MR) is 146 cm³/mol. The maximum absolute atomic E-state index is 12.4. The average molecular weight is 543 g/mol. The number of anilines is 2. The number of amides is 2. The molecule has 3 aromatic rings. The summed E-state index contributed by atoms with van der Waals surface area (Å²) < 4.78 is 31.2. The first-order chi connectivity index (χ1) is 17.7. The van der Waals surface area contributed by atoms with Crippen LogP contribution in [-0.2, 0) is 26.0 Å². The fourth-order valence-corrected chi connectivity index (χ4v) is 4.40. The van der Waals surface area contributed by atoms with E-state index in [1.54, 1.807) is 60.7 Å². The zero-order valence-electron chi connectivity index (χ0n) is 20.3. The molecule has 2 N–H and O–H groups in total. The fraction of sp³-hybridized carbons (Fsp3) is 0.192. The number of ether oxygens (including phenoxy) is 1. The van der Waals surface area contributed by atoms with Gasteiger partial charge in [-0.3, -0.25) is 13.9 Å². The monoisotopic (exact) mass is 542 g/mol. The maximum Gasteiger partial charge on any atom is 0.262 e. The van der Waals surface area contributed by atoms with Crippen LogP contribution in [0.3, 0.4) is 0 Å². The van der Waals surface area contributed by atoms with Gasteiger partial charge in [-0.25, -0.2) is 13.8 Å². The van der Waals surface area contributed by atoms with Crippen molar-refractivity contribution in [3.63, 3.8) is 0 Å². The largest absolute Gasteiger partial charge is 0.484 e. The van der Waals surface area contributed by atoms with Crippen molar-refractivity contribution >= 4 is 51.0 Å². The quantitative estimate of drug-likeness (QED) is 0.282. The van der Waals surface area contributed by atoms with E-state index in [0.717, 1.165) is 16.1 Å². The molecule has 0 aliphatic rings. The number of para-hydroxylation sites is 2. The summed E-state index contributed by atoms with van der Waals surface area (Å²) in [6.07, 6.45) is 3.09. The molecule has 3 aromatic carbocycles. The van der Waals surface area contributed by atoms with Crippen molar-refractivity contribution in [1.29, 1.82) is 0 Å². The minimum atomic E-state index is -3.69. The molecule has 0 radical (unpaired) electrons. The second-order valence-electron chi connectivity index (χ2n) is 7.93. The first kappa shape index (κ1) is 27.7. The molecule has 0 atom stereocenters. The van der Waals surface area contributed by atoms with Crippen molar-refractivity contribution in [3.8, 4) is 5.75 Å². The van der Waals surface area contributed by atoms with Gasteiger partial charge < -0.3 is 10.1 Å². The van der Waals surface area contributed by atoms with Gasteiger partial charge in [-0.05, 0) is 60.0 Å². The molecule has 0 fully saturated rings. The number of aryl methyl sites for hydroxylation is 1. The van der Waals surface area contributed by atoms with Gasteiger partial charge in [0.05, 0.1) is 28.9 Å². The molecule has 37 heavy (non-hydrogen) atoms. The summed E-state index contributed by atoms with van der Waals surface area (Å²) in [4.78, 5) is 24.5. The van der Waals surface area contributed by atoms with Crippen LogP contribution in [0.5, 0.6) is 5.75 Å². The Kier molecular flexibility index (Phi) is 9.64. The standard InChI is InChI=1S/C26H27ClN4O5S/c1-3-20-8-4-7-11-24(20)31(37(2,34)35)17-25(32)30-28-16-19-12-14-21(15-13-19)36-18-26(33)29-23-10-6-5-9-22(23)27/h4-16H,3,17-18H2,1-2H3,(H,29,33)(H,30,32)/b28-16-. The molecule has 0 aliphatic carbocycles. The van der Waals surface area contributed by atoms with E-state index in [1.165, 1.54) is 6.21 Å². The molecular formula is C26H27ClN4O5S. The predicted octanol–water partition coefficient (Wildman–Crippen LogP) is 3.84. The fourth-order valence-electron chi connectivity index (χ4n) is 3.33. The lowest BCUT2D eigenvalue weighted by molar-refractivity contribution is -0.119. The SMILES string of the molecule is CCc1ccccc1N(CC(=O)N/N=C\c1ccc(OCC(=O)Nc2ccccc2Cl)cc1)S(C)(=O)=O. The average Bonchev–Trinajstić information content (AvgIpc) is 2.87. The van der Waals surface area contributed by atoms with Crippen molar-refractivity contribution in [2.45, 2.75) is 13.3 Å². The smallest absolute Gasteiger partial charge is 0.262 e. The van der Waals surface area contributed by atoms with E-state index in [0.29, 0.717) is 34.1 Å². The Morgan fingerprint density at radius 2 is 1.68 bits per heavy atom. The van der Waals surface area contributed by atoms with Crippen LogP contribution < -0.4 is 19.8 Å². The minimum Gasteiger partial charge on any atom is -0.484 e. The molecule has 2 amide bonds.